The summed E-state index contributed by atoms with van der Waals surface area (Å²) in [5, 5.41) is 2.81. The molecule has 0 saturated heterocycles. The van der Waals surface area contributed by atoms with Gasteiger partial charge in [0, 0.05) is 18.8 Å². The summed E-state index contributed by atoms with van der Waals surface area (Å²) >= 11 is 0. The molecule has 1 aromatic rings. The van der Waals surface area contributed by atoms with Gasteiger partial charge in [-0.2, -0.15) is 0 Å². The molecule has 142 valence electrons. The minimum atomic E-state index is -4.70. The van der Waals surface area contributed by atoms with Crippen LogP contribution in [0.5, 0.6) is 5.75 Å². The number of hydrogen-bond acceptors (Lipinski definition) is 3. The molecule has 0 spiro atoms. The van der Waals surface area contributed by atoms with Crippen LogP contribution in [0, 0.1) is 0 Å². The van der Waals surface area contributed by atoms with Crippen LogP contribution < -0.4 is 15.8 Å². The third kappa shape index (κ3) is 9.15. The second kappa shape index (κ2) is 10.7. The molecule has 1 fully saturated rings. The van der Waals surface area contributed by atoms with Gasteiger partial charge >= 0.3 is 6.36 Å². The fourth-order valence-electron chi connectivity index (χ4n) is 2.50. The van der Waals surface area contributed by atoms with Gasteiger partial charge in [0.2, 0.25) is 0 Å². The van der Waals surface area contributed by atoms with Crippen molar-refractivity contribution in [2.75, 3.05) is 18.5 Å². The number of nitrogens with one attached hydrogen (secondary N) is 1. The van der Waals surface area contributed by atoms with Crippen LogP contribution in [0.4, 0.5) is 18.9 Å². The highest BCUT2D eigenvalue weighted by molar-refractivity contribution is 14.0. The minimum Gasteiger partial charge on any atom is -0.406 e. The van der Waals surface area contributed by atoms with Crippen LogP contribution in [0.15, 0.2) is 29.3 Å². The first-order valence-corrected chi connectivity index (χ1v) is 7.97. The molecule has 0 heterocycles. The lowest BCUT2D eigenvalue weighted by atomic mass is 10.3. The summed E-state index contributed by atoms with van der Waals surface area (Å²) < 4.78 is 45.7. The first kappa shape index (κ1) is 21.8. The molecular formula is C16H23F3IN3O2. The van der Waals surface area contributed by atoms with Gasteiger partial charge in [-0.3, -0.25) is 4.99 Å². The van der Waals surface area contributed by atoms with Gasteiger partial charge in [-0.15, -0.1) is 37.1 Å². The van der Waals surface area contributed by atoms with Crippen molar-refractivity contribution in [3.63, 3.8) is 0 Å². The van der Waals surface area contributed by atoms with Crippen molar-refractivity contribution < 1.29 is 22.6 Å². The van der Waals surface area contributed by atoms with Crippen molar-refractivity contribution in [3.8, 4) is 5.75 Å². The van der Waals surface area contributed by atoms with Crippen molar-refractivity contribution in [1.29, 1.82) is 0 Å². The van der Waals surface area contributed by atoms with Crippen molar-refractivity contribution >= 4 is 35.6 Å². The largest absolute Gasteiger partial charge is 0.573 e. The third-order valence-corrected chi connectivity index (χ3v) is 3.60. The Hall–Kier alpha value is -1.23. The lowest BCUT2D eigenvalue weighted by Crippen LogP contribution is -2.23. The molecular weight excluding hydrogens is 450 g/mol. The summed E-state index contributed by atoms with van der Waals surface area (Å²) in [4.78, 5) is 4.16. The lowest BCUT2D eigenvalue weighted by Gasteiger charge is -2.11. The smallest absolute Gasteiger partial charge is 0.406 e. The SMILES string of the molecule is I.NC(=NCCCOC1CCCC1)Nc1ccc(OC(F)(F)F)cc1. The van der Waals surface area contributed by atoms with Gasteiger partial charge in [-0.05, 0) is 43.5 Å². The quantitative estimate of drug-likeness (QED) is 0.269. The van der Waals surface area contributed by atoms with E-state index in [9.17, 15) is 13.2 Å². The topological polar surface area (TPSA) is 68.9 Å². The Morgan fingerprint density at radius 3 is 2.44 bits per heavy atom. The molecule has 1 saturated carbocycles. The van der Waals surface area contributed by atoms with E-state index in [0.29, 0.717) is 24.9 Å². The van der Waals surface area contributed by atoms with Crippen LogP contribution in [-0.2, 0) is 4.74 Å². The molecule has 0 bridgehead atoms. The minimum absolute atomic E-state index is 0. The van der Waals surface area contributed by atoms with Crippen LogP contribution in [0.1, 0.15) is 32.1 Å². The first-order chi connectivity index (χ1) is 11.4. The van der Waals surface area contributed by atoms with E-state index in [1.54, 1.807) is 0 Å². The van der Waals surface area contributed by atoms with Crippen molar-refractivity contribution in [1.82, 2.24) is 0 Å². The molecule has 25 heavy (non-hydrogen) atoms. The Bertz CT molecular complexity index is 532. The Balaban J connectivity index is 0.00000312. The normalized spacial score (nSPS) is 15.7. The van der Waals surface area contributed by atoms with Crippen LogP contribution >= 0.6 is 24.0 Å². The highest BCUT2D eigenvalue weighted by Gasteiger charge is 2.30. The molecule has 0 atom stereocenters. The van der Waals surface area contributed by atoms with Crippen molar-refractivity contribution in [2.45, 2.75) is 44.6 Å². The number of halogens is 4. The number of ether oxygens (including phenoxy) is 2. The van der Waals surface area contributed by atoms with Crippen LogP contribution in [-0.4, -0.2) is 31.6 Å². The van der Waals surface area contributed by atoms with E-state index in [2.05, 4.69) is 15.0 Å². The van der Waals surface area contributed by atoms with Crippen LogP contribution in [0.3, 0.4) is 0 Å². The fraction of sp³-hybridized carbons (Fsp3) is 0.562. The second-order valence-corrected chi connectivity index (χ2v) is 5.59. The zero-order valence-electron chi connectivity index (χ0n) is 13.7. The molecule has 3 N–H and O–H groups in total. The number of guanidine groups is 1. The molecule has 0 aromatic heterocycles. The first-order valence-electron chi connectivity index (χ1n) is 7.97. The Morgan fingerprint density at radius 2 is 1.84 bits per heavy atom. The Morgan fingerprint density at radius 1 is 1.20 bits per heavy atom. The van der Waals surface area contributed by atoms with Gasteiger partial charge in [0.25, 0.3) is 0 Å². The standard InChI is InChI=1S/C16H22F3N3O2.HI/c17-16(18,19)24-14-8-6-12(7-9-14)22-15(20)21-10-3-11-23-13-4-1-2-5-13;/h6-9,13H,1-5,10-11H2,(H3,20,21,22);1H. The third-order valence-electron chi connectivity index (χ3n) is 3.60. The number of nitrogens with two attached hydrogens (primary N) is 1. The van der Waals surface area contributed by atoms with Gasteiger partial charge < -0.3 is 20.5 Å². The van der Waals surface area contributed by atoms with Crippen molar-refractivity contribution in [2.24, 2.45) is 10.7 Å². The van der Waals surface area contributed by atoms with Gasteiger partial charge in [0.05, 0.1) is 6.10 Å². The van der Waals surface area contributed by atoms with Gasteiger partial charge in [-0.25, -0.2) is 0 Å². The Kier molecular flexibility index (Phi) is 9.33. The van der Waals surface area contributed by atoms with Gasteiger partial charge in [-0.1, -0.05) is 12.8 Å². The number of hydrogen-bond donors (Lipinski definition) is 2. The van der Waals surface area contributed by atoms with E-state index >= 15 is 0 Å². The maximum absolute atomic E-state index is 12.1. The zero-order chi connectivity index (χ0) is 17.4. The number of nitrogens with zero attached hydrogens (tertiary/aromatic N) is 1. The van der Waals surface area contributed by atoms with E-state index in [-0.39, 0.29) is 35.7 Å². The predicted octanol–water partition coefficient (Wildman–Crippen LogP) is 4.28. The average Bonchev–Trinajstić information content (AvgIpc) is 3.01. The summed E-state index contributed by atoms with van der Waals surface area (Å²) in [7, 11) is 0. The summed E-state index contributed by atoms with van der Waals surface area (Å²) in [6.45, 7) is 1.19. The molecule has 5 nitrogen and oxygen atoms in total. The summed E-state index contributed by atoms with van der Waals surface area (Å²) in [6.07, 6.45) is 1.23. The fourth-order valence-corrected chi connectivity index (χ4v) is 2.50. The maximum atomic E-state index is 12.1. The summed E-state index contributed by atoms with van der Waals surface area (Å²) in [5.74, 6) is -0.0759. The highest BCUT2D eigenvalue weighted by atomic mass is 127. The monoisotopic (exact) mass is 473 g/mol. The summed E-state index contributed by atoms with van der Waals surface area (Å²) in [6, 6.07) is 5.29. The summed E-state index contributed by atoms with van der Waals surface area (Å²) in [5.41, 5.74) is 6.27. The van der Waals surface area contributed by atoms with Crippen LogP contribution in [0.2, 0.25) is 0 Å². The molecule has 0 aliphatic heterocycles. The lowest BCUT2D eigenvalue weighted by molar-refractivity contribution is -0.274. The molecule has 1 aliphatic carbocycles. The van der Waals surface area contributed by atoms with Gasteiger partial charge in [0.1, 0.15) is 5.75 Å². The molecule has 1 aromatic carbocycles. The van der Waals surface area contributed by atoms with E-state index in [4.69, 9.17) is 10.5 Å². The van der Waals surface area contributed by atoms with E-state index in [1.165, 1.54) is 37.1 Å². The van der Waals surface area contributed by atoms with E-state index < -0.39 is 6.36 Å². The van der Waals surface area contributed by atoms with Crippen molar-refractivity contribution in [3.05, 3.63) is 24.3 Å². The van der Waals surface area contributed by atoms with E-state index in [0.717, 1.165) is 19.3 Å². The predicted molar refractivity (Wildman–Crippen MR) is 101 cm³/mol. The number of alkyl halides is 3. The Labute approximate surface area is 162 Å². The molecule has 9 heteroatoms. The zero-order valence-corrected chi connectivity index (χ0v) is 16.1. The molecule has 2 rings (SSSR count). The molecule has 1 aliphatic rings. The number of benzene rings is 1. The van der Waals surface area contributed by atoms with Crippen LogP contribution in [0.25, 0.3) is 0 Å². The number of anilines is 1. The molecule has 0 amide bonds. The average molecular weight is 473 g/mol. The maximum Gasteiger partial charge on any atom is 0.573 e. The highest BCUT2D eigenvalue weighted by Crippen LogP contribution is 2.24. The number of aliphatic imine (C=N–C) groups is 1. The molecule has 0 radical (unpaired) electrons. The van der Waals surface area contributed by atoms with Gasteiger partial charge in [0.15, 0.2) is 5.96 Å². The van der Waals surface area contributed by atoms with E-state index in [1.807, 2.05) is 0 Å². The second-order valence-electron chi connectivity index (χ2n) is 5.59. The molecule has 0 unspecified atom stereocenters. The number of rotatable bonds is 7.